The van der Waals surface area contributed by atoms with E-state index in [-0.39, 0.29) is 5.91 Å². The van der Waals surface area contributed by atoms with E-state index in [9.17, 15) is 4.79 Å². The first-order valence-corrected chi connectivity index (χ1v) is 8.86. The van der Waals surface area contributed by atoms with Gasteiger partial charge in [-0.2, -0.15) is 15.0 Å². The van der Waals surface area contributed by atoms with Crippen LogP contribution in [0.4, 0.5) is 0 Å². The molecule has 2 bridgehead atoms. The van der Waals surface area contributed by atoms with Crippen LogP contribution in [0.25, 0.3) is 11.0 Å². The zero-order valence-electron chi connectivity index (χ0n) is 13.9. The van der Waals surface area contributed by atoms with Gasteiger partial charge in [0.15, 0.2) is 0 Å². The van der Waals surface area contributed by atoms with Gasteiger partial charge in [0, 0.05) is 12.1 Å². The number of para-hydroxylation sites is 2. The predicted molar refractivity (Wildman–Crippen MR) is 91.7 cm³/mol. The van der Waals surface area contributed by atoms with Gasteiger partial charge in [0.2, 0.25) is 5.91 Å². The summed E-state index contributed by atoms with van der Waals surface area (Å²) in [5.41, 5.74) is 1.94. The van der Waals surface area contributed by atoms with Crippen LogP contribution >= 0.6 is 0 Å². The normalized spacial score (nSPS) is 25.6. The number of nitrogens with zero attached hydrogens (tertiary/aromatic N) is 6. The summed E-state index contributed by atoms with van der Waals surface area (Å²) in [5, 5.41) is 8.58. The highest BCUT2D eigenvalue weighted by Crippen LogP contribution is 2.40. The summed E-state index contributed by atoms with van der Waals surface area (Å²) in [7, 11) is 0. The molecule has 1 amide bonds. The minimum Gasteiger partial charge on any atom is -0.335 e. The number of hydrogen-bond donors (Lipinski definition) is 0. The molecule has 2 aliphatic rings. The quantitative estimate of drug-likeness (QED) is 0.734. The third kappa shape index (κ3) is 2.42. The van der Waals surface area contributed by atoms with Gasteiger partial charge >= 0.3 is 0 Å². The van der Waals surface area contributed by atoms with Crippen molar-refractivity contribution >= 4 is 16.9 Å². The van der Waals surface area contributed by atoms with Gasteiger partial charge in [-0.3, -0.25) is 4.79 Å². The maximum Gasteiger partial charge on any atom is 0.243 e. The van der Waals surface area contributed by atoms with Gasteiger partial charge in [0.1, 0.15) is 6.54 Å². The molecule has 2 aromatic heterocycles. The highest BCUT2D eigenvalue weighted by Gasteiger charge is 2.44. The monoisotopic (exact) mass is 336 g/mol. The van der Waals surface area contributed by atoms with Gasteiger partial charge in [-0.05, 0) is 37.8 Å². The fourth-order valence-electron chi connectivity index (χ4n) is 4.52. The SMILES string of the molecule is O=C(Cn1cnc2ccccc21)N1C2CCC1CC(n1nccn1)C2. The van der Waals surface area contributed by atoms with Gasteiger partial charge < -0.3 is 9.47 Å². The van der Waals surface area contributed by atoms with Gasteiger partial charge in [-0.15, -0.1) is 0 Å². The summed E-state index contributed by atoms with van der Waals surface area (Å²) in [4.78, 5) is 21.3. The van der Waals surface area contributed by atoms with Crippen molar-refractivity contribution < 1.29 is 4.79 Å². The Morgan fingerprint density at radius 1 is 1.04 bits per heavy atom. The van der Waals surface area contributed by atoms with Gasteiger partial charge in [-0.25, -0.2) is 4.98 Å². The third-order valence-corrected chi connectivity index (χ3v) is 5.59. The van der Waals surface area contributed by atoms with Crippen LogP contribution in [0.5, 0.6) is 0 Å². The molecule has 4 heterocycles. The average Bonchev–Trinajstić information content (AvgIpc) is 3.34. The van der Waals surface area contributed by atoms with Crippen molar-refractivity contribution in [3.8, 4) is 0 Å². The standard InChI is InChI=1S/C18H20N6O/c25-18(11-22-12-19-16-3-1-2-4-17(16)22)23-13-5-6-14(23)10-15(9-13)24-20-7-8-21-24/h1-4,7-8,12-15H,5-6,9-11H2. The molecule has 0 saturated carbocycles. The van der Waals surface area contributed by atoms with Crippen LogP contribution in [0.1, 0.15) is 31.7 Å². The Kier molecular flexibility index (Phi) is 3.33. The van der Waals surface area contributed by atoms with E-state index in [4.69, 9.17) is 0 Å². The number of imidazole rings is 1. The van der Waals surface area contributed by atoms with Crippen molar-refractivity contribution in [3.05, 3.63) is 43.0 Å². The van der Waals surface area contributed by atoms with Crippen LogP contribution in [-0.4, -0.2) is 47.4 Å². The lowest BCUT2D eigenvalue weighted by Crippen LogP contribution is -2.48. The van der Waals surface area contributed by atoms with E-state index < -0.39 is 0 Å². The minimum atomic E-state index is 0.197. The lowest BCUT2D eigenvalue weighted by molar-refractivity contribution is -0.137. The van der Waals surface area contributed by atoms with Crippen LogP contribution in [-0.2, 0) is 11.3 Å². The summed E-state index contributed by atoms with van der Waals surface area (Å²) >= 11 is 0. The molecule has 128 valence electrons. The number of fused-ring (bicyclic) bond motifs is 3. The number of piperidine rings is 1. The maximum absolute atomic E-state index is 13.0. The van der Waals surface area contributed by atoms with E-state index in [0.717, 1.165) is 36.7 Å². The number of amides is 1. The molecule has 0 spiro atoms. The van der Waals surface area contributed by atoms with E-state index in [1.807, 2.05) is 33.6 Å². The van der Waals surface area contributed by atoms with Crippen LogP contribution < -0.4 is 0 Å². The van der Waals surface area contributed by atoms with E-state index in [1.54, 1.807) is 18.7 Å². The van der Waals surface area contributed by atoms with Crippen molar-refractivity contribution in [1.82, 2.24) is 29.4 Å². The topological polar surface area (TPSA) is 68.8 Å². The first-order chi connectivity index (χ1) is 12.3. The molecule has 2 unspecified atom stereocenters. The van der Waals surface area contributed by atoms with E-state index in [1.165, 1.54) is 0 Å². The van der Waals surface area contributed by atoms with E-state index in [0.29, 0.717) is 24.7 Å². The summed E-state index contributed by atoms with van der Waals surface area (Å²) in [6.07, 6.45) is 9.28. The van der Waals surface area contributed by atoms with Crippen molar-refractivity contribution in [2.45, 2.75) is 50.4 Å². The number of rotatable bonds is 3. The van der Waals surface area contributed by atoms with E-state index in [2.05, 4.69) is 20.1 Å². The molecule has 0 aliphatic carbocycles. The Morgan fingerprint density at radius 3 is 2.52 bits per heavy atom. The largest absolute Gasteiger partial charge is 0.335 e. The van der Waals surface area contributed by atoms with Crippen LogP contribution in [0, 0.1) is 0 Å². The summed E-state index contributed by atoms with van der Waals surface area (Å²) in [6, 6.07) is 8.86. The zero-order chi connectivity index (χ0) is 16.8. The number of carbonyl (C=O) groups excluding carboxylic acids is 1. The van der Waals surface area contributed by atoms with Crippen LogP contribution in [0.2, 0.25) is 0 Å². The summed E-state index contributed by atoms with van der Waals surface area (Å²) in [5.74, 6) is 0.197. The lowest BCUT2D eigenvalue weighted by atomic mass is 9.97. The molecule has 25 heavy (non-hydrogen) atoms. The van der Waals surface area contributed by atoms with Crippen LogP contribution in [0.3, 0.4) is 0 Å². The Balaban J connectivity index is 1.35. The fraction of sp³-hybridized carbons (Fsp3) is 0.444. The molecule has 0 N–H and O–H groups in total. The minimum absolute atomic E-state index is 0.197. The molecule has 2 fully saturated rings. The van der Waals surface area contributed by atoms with Crippen molar-refractivity contribution in [2.24, 2.45) is 0 Å². The Morgan fingerprint density at radius 2 is 1.76 bits per heavy atom. The Bertz CT molecular complexity index is 887. The molecular weight excluding hydrogens is 316 g/mol. The first-order valence-electron chi connectivity index (χ1n) is 8.86. The predicted octanol–water partition coefficient (Wildman–Crippen LogP) is 2.02. The number of hydrogen-bond acceptors (Lipinski definition) is 4. The van der Waals surface area contributed by atoms with Crippen molar-refractivity contribution in [3.63, 3.8) is 0 Å². The molecule has 5 rings (SSSR count). The van der Waals surface area contributed by atoms with Gasteiger partial charge in [0.05, 0.1) is 35.8 Å². The van der Waals surface area contributed by atoms with Crippen molar-refractivity contribution in [2.75, 3.05) is 0 Å². The number of benzene rings is 1. The molecule has 0 radical (unpaired) electrons. The lowest BCUT2D eigenvalue weighted by Gasteiger charge is -2.38. The molecular formula is C18H20N6O. The number of aromatic nitrogens is 5. The van der Waals surface area contributed by atoms with Crippen LogP contribution in [0.15, 0.2) is 43.0 Å². The molecule has 7 heteroatoms. The Hall–Kier alpha value is -2.70. The summed E-state index contributed by atoms with van der Waals surface area (Å²) < 4.78 is 1.96. The second-order valence-electron chi connectivity index (χ2n) is 7.02. The zero-order valence-corrected chi connectivity index (χ0v) is 13.9. The molecule has 3 aromatic rings. The molecule has 2 aliphatic heterocycles. The fourth-order valence-corrected chi connectivity index (χ4v) is 4.52. The highest BCUT2D eigenvalue weighted by molar-refractivity contribution is 5.81. The smallest absolute Gasteiger partial charge is 0.243 e. The van der Waals surface area contributed by atoms with Gasteiger partial charge in [0.25, 0.3) is 0 Å². The number of carbonyl (C=O) groups is 1. The first kappa shape index (κ1) is 14.6. The molecule has 7 nitrogen and oxygen atoms in total. The maximum atomic E-state index is 13.0. The Labute approximate surface area is 145 Å². The van der Waals surface area contributed by atoms with E-state index >= 15 is 0 Å². The molecule has 2 saturated heterocycles. The third-order valence-electron chi connectivity index (χ3n) is 5.59. The van der Waals surface area contributed by atoms with Gasteiger partial charge in [-0.1, -0.05) is 12.1 Å². The summed E-state index contributed by atoms with van der Waals surface area (Å²) in [6.45, 7) is 0.359. The second kappa shape index (κ2) is 5.68. The highest BCUT2D eigenvalue weighted by atomic mass is 16.2. The second-order valence-corrected chi connectivity index (χ2v) is 7.02. The molecule has 2 atom stereocenters. The average molecular weight is 336 g/mol. The molecule has 1 aromatic carbocycles. The van der Waals surface area contributed by atoms with Crippen molar-refractivity contribution in [1.29, 1.82) is 0 Å².